The van der Waals surface area contributed by atoms with E-state index in [-0.39, 0.29) is 6.04 Å². The van der Waals surface area contributed by atoms with Gasteiger partial charge in [0.2, 0.25) is 0 Å². The van der Waals surface area contributed by atoms with Crippen LogP contribution in [0, 0.1) is 5.92 Å². The number of para-hydroxylation sites is 2. The molecule has 0 aliphatic heterocycles. The van der Waals surface area contributed by atoms with Gasteiger partial charge in [-0.1, -0.05) is 37.6 Å². The van der Waals surface area contributed by atoms with Crippen LogP contribution in [-0.2, 0) is 6.54 Å². The van der Waals surface area contributed by atoms with Crippen molar-refractivity contribution in [1.82, 2.24) is 25.1 Å². The van der Waals surface area contributed by atoms with Crippen LogP contribution in [0.2, 0.25) is 5.02 Å². The van der Waals surface area contributed by atoms with Gasteiger partial charge in [0.1, 0.15) is 5.82 Å². The molecule has 0 fully saturated rings. The van der Waals surface area contributed by atoms with Crippen LogP contribution < -0.4 is 5.32 Å². The minimum atomic E-state index is 0.159. The molecule has 2 aromatic carbocycles. The summed E-state index contributed by atoms with van der Waals surface area (Å²) in [6, 6.07) is 16.0. The molecule has 144 valence electrons. The van der Waals surface area contributed by atoms with Gasteiger partial charge in [0.05, 0.1) is 29.0 Å². The number of fused-ring (bicyclic) bond motifs is 1. The van der Waals surface area contributed by atoms with Crippen molar-refractivity contribution in [2.45, 2.75) is 32.9 Å². The number of hydrogen-bond donors (Lipinski definition) is 2. The third-order valence-electron chi connectivity index (χ3n) is 4.72. The van der Waals surface area contributed by atoms with Crippen molar-refractivity contribution in [3.63, 3.8) is 0 Å². The normalized spacial score (nSPS) is 12.7. The molecule has 6 heteroatoms. The number of halogens is 1. The lowest BCUT2D eigenvalue weighted by Crippen LogP contribution is -2.23. The summed E-state index contributed by atoms with van der Waals surface area (Å²) >= 11 is 5.97. The van der Waals surface area contributed by atoms with E-state index in [0.717, 1.165) is 46.1 Å². The van der Waals surface area contributed by atoms with Gasteiger partial charge >= 0.3 is 0 Å². The van der Waals surface area contributed by atoms with E-state index in [0.29, 0.717) is 5.92 Å². The second-order valence-corrected chi connectivity index (χ2v) is 7.91. The molecule has 5 nitrogen and oxygen atoms in total. The van der Waals surface area contributed by atoms with Gasteiger partial charge in [-0.15, -0.1) is 0 Å². The van der Waals surface area contributed by atoms with Gasteiger partial charge in [0.15, 0.2) is 0 Å². The molecule has 2 N–H and O–H groups in total. The number of imidazole rings is 1. The maximum atomic E-state index is 5.97. The summed E-state index contributed by atoms with van der Waals surface area (Å²) < 4.78 is 1.87. The molecule has 0 aliphatic rings. The van der Waals surface area contributed by atoms with Crippen molar-refractivity contribution in [3.8, 4) is 5.69 Å². The van der Waals surface area contributed by atoms with Crippen LogP contribution in [0.25, 0.3) is 16.7 Å². The summed E-state index contributed by atoms with van der Waals surface area (Å²) in [5.41, 5.74) is 4.19. The summed E-state index contributed by atoms with van der Waals surface area (Å²) in [6.45, 7) is 5.19. The van der Waals surface area contributed by atoms with Gasteiger partial charge in [-0.3, -0.25) is 0 Å². The molecule has 4 aromatic rings. The molecule has 1 unspecified atom stereocenters. The Morgan fingerprint density at radius 3 is 2.64 bits per heavy atom. The van der Waals surface area contributed by atoms with Crippen LogP contribution in [0.5, 0.6) is 0 Å². The van der Waals surface area contributed by atoms with E-state index < -0.39 is 0 Å². The zero-order valence-corrected chi connectivity index (χ0v) is 16.8. The first kappa shape index (κ1) is 18.7. The minimum absolute atomic E-state index is 0.159. The highest BCUT2D eigenvalue weighted by atomic mass is 35.5. The van der Waals surface area contributed by atoms with E-state index in [9.17, 15) is 0 Å². The lowest BCUT2D eigenvalue weighted by Gasteiger charge is -2.18. The van der Waals surface area contributed by atoms with Gasteiger partial charge in [-0.2, -0.15) is 5.10 Å². The van der Waals surface area contributed by atoms with Gasteiger partial charge in [-0.05, 0) is 48.7 Å². The molecule has 0 amide bonds. The SMILES string of the molecule is CC(C)CC(NCc1cnn(-c2ccc(Cl)cc2)c1)c1nc2ccccc2[nH]1. The van der Waals surface area contributed by atoms with E-state index in [2.05, 4.69) is 35.3 Å². The molecule has 0 radical (unpaired) electrons. The Balaban J connectivity index is 1.49. The second kappa shape index (κ2) is 8.17. The Morgan fingerprint density at radius 1 is 1.11 bits per heavy atom. The fourth-order valence-electron chi connectivity index (χ4n) is 3.33. The van der Waals surface area contributed by atoms with Crippen molar-refractivity contribution < 1.29 is 0 Å². The molecule has 4 rings (SSSR count). The molecule has 2 heterocycles. The summed E-state index contributed by atoms with van der Waals surface area (Å²) in [7, 11) is 0. The van der Waals surface area contributed by atoms with Crippen LogP contribution >= 0.6 is 11.6 Å². The number of nitrogens with one attached hydrogen (secondary N) is 2. The molecule has 2 aromatic heterocycles. The zero-order chi connectivity index (χ0) is 19.5. The highest BCUT2D eigenvalue weighted by molar-refractivity contribution is 6.30. The van der Waals surface area contributed by atoms with Gasteiger partial charge in [0, 0.05) is 23.3 Å². The van der Waals surface area contributed by atoms with Crippen LogP contribution in [0.15, 0.2) is 60.9 Å². The van der Waals surface area contributed by atoms with Crippen LogP contribution in [0.1, 0.15) is 37.7 Å². The van der Waals surface area contributed by atoms with Crippen LogP contribution in [-0.4, -0.2) is 19.7 Å². The zero-order valence-electron chi connectivity index (χ0n) is 16.1. The Morgan fingerprint density at radius 2 is 1.89 bits per heavy atom. The number of benzene rings is 2. The Labute approximate surface area is 169 Å². The van der Waals surface area contributed by atoms with Crippen LogP contribution in [0.3, 0.4) is 0 Å². The average molecular weight is 394 g/mol. The first-order valence-corrected chi connectivity index (χ1v) is 9.94. The molecule has 28 heavy (non-hydrogen) atoms. The van der Waals surface area contributed by atoms with E-state index >= 15 is 0 Å². The standard InChI is InChI=1S/C22H24ClN5/c1-15(2)11-21(22-26-19-5-3-4-6-20(19)27-22)24-12-16-13-25-28(14-16)18-9-7-17(23)8-10-18/h3-10,13-15,21,24H,11-12H2,1-2H3,(H,26,27). The van der Waals surface area contributed by atoms with Crippen molar-refractivity contribution in [1.29, 1.82) is 0 Å². The Hall–Kier alpha value is -2.63. The van der Waals surface area contributed by atoms with Crippen molar-refractivity contribution in [2.75, 3.05) is 0 Å². The summed E-state index contributed by atoms with van der Waals surface area (Å²) in [5.74, 6) is 1.54. The number of rotatable bonds is 7. The van der Waals surface area contributed by atoms with Crippen molar-refractivity contribution in [2.24, 2.45) is 5.92 Å². The highest BCUT2D eigenvalue weighted by Crippen LogP contribution is 2.22. The lowest BCUT2D eigenvalue weighted by molar-refractivity contribution is 0.415. The lowest BCUT2D eigenvalue weighted by atomic mass is 10.0. The van der Waals surface area contributed by atoms with Crippen LogP contribution in [0.4, 0.5) is 0 Å². The van der Waals surface area contributed by atoms with E-state index in [4.69, 9.17) is 16.6 Å². The molecular formula is C22H24ClN5. The molecular weight excluding hydrogens is 370 g/mol. The summed E-state index contributed by atoms with van der Waals surface area (Å²) in [4.78, 5) is 8.25. The number of aromatic amines is 1. The van der Waals surface area contributed by atoms with E-state index in [1.165, 1.54) is 0 Å². The number of aromatic nitrogens is 4. The minimum Gasteiger partial charge on any atom is -0.341 e. The molecule has 0 spiro atoms. The van der Waals surface area contributed by atoms with Crippen molar-refractivity contribution in [3.05, 3.63) is 77.3 Å². The average Bonchev–Trinajstić information content (AvgIpc) is 3.32. The number of nitrogens with zero attached hydrogens (tertiary/aromatic N) is 3. The predicted molar refractivity (Wildman–Crippen MR) is 114 cm³/mol. The largest absolute Gasteiger partial charge is 0.341 e. The molecule has 0 saturated carbocycles. The monoisotopic (exact) mass is 393 g/mol. The predicted octanol–water partition coefficient (Wildman–Crippen LogP) is 5.28. The first-order chi connectivity index (χ1) is 13.6. The number of H-pyrrole nitrogens is 1. The summed E-state index contributed by atoms with van der Waals surface area (Å²) in [6.07, 6.45) is 4.94. The van der Waals surface area contributed by atoms with E-state index in [1.807, 2.05) is 59.5 Å². The van der Waals surface area contributed by atoms with Gasteiger partial charge in [-0.25, -0.2) is 9.67 Å². The second-order valence-electron chi connectivity index (χ2n) is 7.47. The third kappa shape index (κ3) is 4.26. The fourth-order valence-corrected chi connectivity index (χ4v) is 3.45. The molecule has 0 saturated heterocycles. The molecule has 0 aliphatic carbocycles. The van der Waals surface area contributed by atoms with Crippen molar-refractivity contribution >= 4 is 22.6 Å². The number of hydrogen-bond acceptors (Lipinski definition) is 3. The highest BCUT2D eigenvalue weighted by Gasteiger charge is 2.17. The third-order valence-corrected chi connectivity index (χ3v) is 4.98. The first-order valence-electron chi connectivity index (χ1n) is 9.56. The van der Waals surface area contributed by atoms with E-state index in [1.54, 1.807) is 0 Å². The Bertz CT molecular complexity index is 1020. The van der Waals surface area contributed by atoms with Gasteiger partial charge < -0.3 is 10.3 Å². The quantitative estimate of drug-likeness (QED) is 0.449. The maximum absolute atomic E-state index is 5.97. The Kier molecular flexibility index (Phi) is 5.46. The van der Waals surface area contributed by atoms with Gasteiger partial charge in [0.25, 0.3) is 0 Å². The smallest absolute Gasteiger partial charge is 0.124 e. The fraction of sp³-hybridized carbons (Fsp3) is 0.273. The topological polar surface area (TPSA) is 58.5 Å². The summed E-state index contributed by atoms with van der Waals surface area (Å²) in [5, 5.41) is 8.85. The maximum Gasteiger partial charge on any atom is 0.124 e. The molecule has 1 atom stereocenters. The molecule has 0 bridgehead atoms.